The van der Waals surface area contributed by atoms with Crippen molar-refractivity contribution in [2.75, 3.05) is 19.8 Å². The summed E-state index contributed by atoms with van der Waals surface area (Å²) >= 11 is 0. The predicted octanol–water partition coefficient (Wildman–Crippen LogP) is 19.6. The van der Waals surface area contributed by atoms with Crippen molar-refractivity contribution in [3.63, 3.8) is 0 Å². The molecule has 1 amide bonds. The van der Waals surface area contributed by atoms with Gasteiger partial charge >= 0.3 is 5.97 Å². The third-order valence-electron chi connectivity index (χ3n) is 18.1. The lowest BCUT2D eigenvalue weighted by molar-refractivity contribution is -0.302. The number of carbonyl (C=O) groups excluding carboxylic acids is 2. The van der Waals surface area contributed by atoms with Crippen LogP contribution >= 0.6 is 0 Å². The van der Waals surface area contributed by atoms with Gasteiger partial charge in [0.2, 0.25) is 5.91 Å². The molecule has 0 aromatic rings. The summed E-state index contributed by atoms with van der Waals surface area (Å²) in [7, 11) is 0. The molecule has 0 bridgehead atoms. The Hall–Kier alpha value is -1.86. The van der Waals surface area contributed by atoms with Gasteiger partial charge in [-0.3, -0.25) is 9.59 Å². The zero-order valence-electron chi connectivity index (χ0n) is 56.6. The Morgan fingerprint density at radius 1 is 0.419 bits per heavy atom. The Morgan fingerprint density at radius 2 is 0.756 bits per heavy atom. The van der Waals surface area contributed by atoms with E-state index in [2.05, 4.69) is 31.3 Å². The van der Waals surface area contributed by atoms with Crippen LogP contribution < -0.4 is 5.32 Å². The molecule has 1 heterocycles. The molecule has 1 aliphatic heterocycles. The van der Waals surface area contributed by atoms with E-state index >= 15 is 0 Å². The number of rotatable bonds is 67. The number of esters is 1. The molecule has 7 unspecified atom stereocenters. The fourth-order valence-electron chi connectivity index (χ4n) is 12.2. The predicted molar refractivity (Wildman–Crippen MR) is 361 cm³/mol. The first kappa shape index (κ1) is 82.2. The fourth-order valence-corrected chi connectivity index (χ4v) is 12.2. The van der Waals surface area contributed by atoms with E-state index in [0.29, 0.717) is 19.4 Å². The Labute approximate surface area is 531 Å². The van der Waals surface area contributed by atoms with Crippen molar-refractivity contribution in [2.45, 2.75) is 423 Å². The quantitative estimate of drug-likeness (QED) is 0.0195. The highest BCUT2D eigenvalue weighted by molar-refractivity contribution is 5.76. The number of hydrogen-bond acceptors (Lipinski definition) is 10. The van der Waals surface area contributed by atoms with Crippen molar-refractivity contribution in [2.24, 2.45) is 0 Å². The van der Waals surface area contributed by atoms with Crippen LogP contribution in [0.1, 0.15) is 380 Å². The van der Waals surface area contributed by atoms with E-state index < -0.39 is 49.5 Å². The van der Waals surface area contributed by atoms with Crippen molar-refractivity contribution < 1.29 is 49.3 Å². The first-order chi connectivity index (χ1) is 42.2. The molecule has 6 N–H and O–H groups in total. The molecule has 0 radical (unpaired) electrons. The Balaban J connectivity index is 1.89. The number of hydrogen-bond donors (Lipinski definition) is 6. The number of ether oxygens (including phenoxy) is 3. The molecule has 1 saturated heterocycles. The largest absolute Gasteiger partial charge is 0.466 e. The van der Waals surface area contributed by atoms with Crippen LogP contribution in [0.15, 0.2) is 24.3 Å². The van der Waals surface area contributed by atoms with Crippen molar-refractivity contribution in [3.05, 3.63) is 24.3 Å². The lowest BCUT2D eigenvalue weighted by Crippen LogP contribution is -2.60. The first-order valence-corrected chi connectivity index (χ1v) is 37.6. The van der Waals surface area contributed by atoms with E-state index in [-0.39, 0.29) is 18.5 Å². The monoisotopic (exact) mass is 1220 g/mol. The van der Waals surface area contributed by atoms with Crippen molar-refractivity contribution in [1.82, 2.24) is 5.32 Å². The molecule has 86 heavy (non-hydrogen) atoms. The minimum atomic E-state index is -1.57. The molecule has 1 fully saturated rings. The molecule has 0 aromatic heterocycles. The van der Waals surface area contributed by atoms with Gasteiger partial charge in [-0.25, -0.2) is 0 Å². The molecule has 11 heteroatoms. The second kappa shape index (κ2) is 64.7. The second-order valence-electron chi connectivity index (χ2n) is 26.4. The summed E-state index contributed by atoms with van der Waals surface area (Å²) in [5.41, 5.74) is 0. The van der Waals surface area contributed by atoms with Gasteiger partial charge in [0.25, 0.3) is 0 Å². The van der Waals surface area contributed by atoms with Crippen molar-refractivity contribution in [3.8, 4) is 0 Å². The highest BCUT2D eigenvalue weighted by Gasteiger charge is 2.44. The number of aliphatic hydroxyl groups excluding tert-OH is 5. The zero-order valence-corrected chi connectivity index (χ0v) is 56.6. The van der Waals surface area contributed by atoms with Gasteiger partial charge in [0.15, 0.2) is 6.29 Å². The minimum Gasteiger partial charge on any atom is -0.466 e. The van der Waals surface area contributed by atoms with Crippen LogP contribution in [-0.2, 0) is 23.8 Å². The maximum Gasteiger partial charge on any atom is 0.305 e. The summed E-state index contributed by atoms with van der Waals surface area (Å²) in [6.45, 7) is 4.35. The normalized spacial score (nSPS) is 18.0. The molecule has 508 valence electrons. The van der Waals surface area contributed by atoms with Gasteiger partial charge in [0.1, 0.15) is 24.4 Å². The molecule has 0 aromatic carbocycles. The number of nitrogens with one attached hydrogen (secondary N) is 1. The molecule has 1 aliphatic rings. The number of carbonyl (C=O) groups is 2. The van der Waals surface area contributed by atoms with Gasteiger partial charge in [0.05, 0.1) is 32.0 Å². The third-order valence-corrected chi connectivity index (χ3v) is 18.1. The number of amides is 1. The van der Waals surface area contributed by atoms with E-state index in [1.165, 1.54) is 302 Å². The maximum atomic E-state index is 13.0. The number of aliphatic hydroxyl groups is 5. The maximum absolute atomic E-state index is 13.0. The van der Waals surface area contributed by atoms with Crippen molar-refractivity contribution in [1.29, 1.82) is 0 Å². The highest BCUT2D eigenvalue weighted by atomic mass is 16.7. The molecule has 0 saturated carbocycles. The van der Waals surface area contributed by atoms with E-state index in [0.717, 1.165) is 51.4 Å². The van der Waals surface area contributed by atoms with Crippen LogP contribution in [0.3, 0.4) is 0 Å². The lowest BCUT2D eigenvalue weighted by atomic mass is 9.99. The number of allylic oxidation sites excluding steroid dienone is 3. The molecule has 1 rings (SSSR count). The average Bonchev–Trinajstić information content (AvgIpc) is 3.71. The van der Waals surface area contributed by atoms with E-state index in [9.17, 15) is 35.1 Å². The summed E-state index contributed by atoms with van der Waals surface area (Å²) < 4.78 is 16.7. The van der Waals surface area contributed by atoms with Crippen LogP contribution in [0.2, 0.25) is 0 Å². The third kappa shape index (κ3) is 52.9. The van der Waals surface area contributed by atoms with Gasteiger partial charge in [-0.1, -0.05) is 346 Å². The summed E-state index contributed by atoms with van der Waals surface area (Å²) in [4.78, 5) is 25.1. The Bertz CT molecular complexity index is 1480. The topological polar surface area (TPSA) is 175 Å². The van der Waals surface area contributed by atoms with E-state index in [1.807, 2.05) is 6.08 Å². The Morgan fingerprint density at radius 3 is 1.15 bits per heavy atom. The second-order valence-corrected chi connectivity index (χ2v) is 26.4. The minimum absolute atomic E-state index is 0.0170. The molecule has 7 atom stereocenters. The van der Waals surface area contributed by atoms with E-state index in [4.69, 9.17) is 14.2 Å². The summed E-state index contributed by atoms with van der Waals surface area (Å²) in [6, 6.07) is -0.822. The van der Waals surface area contributed by atoms with E-state index in [1.54, 1.807) is 6.08 Å². The van der Waals surface area contributed by atoms with Crippen LogP contribution in [0.5, 0.6) is 0 Å². The Kier molecular flexibility index (Phi) is 61.8. The summed E-state index contributed by atoms with van der Waals surface area (Å²) in [5, 5.41) is 54.4. The van der Waals surface area contributed by atoms with Crippen LogP contribution in [0.25, 0.3) is 0 Å². The summed E-state index contributed by atoms with van der Waals surface area (Å²) in [5.74, 6) is -0.169. The molecule has 0 spiro atoms. The standard InChI is InChI=1S/C75H143NO10/c1-3-5-7-9-11-13-15-43-47-51-55-59-63-71(80)84-64-60-56-52-48-44-40-38-36-34-32-30-28-26-24-22-20-18-16-17-19-21-23-25-27-29-31-33-35-37-39-42-46-50-54-58-62-70(79)76-67(66-85-75-74(83)73(82)72(81)69(65-77)86-75)68(78)61-57-53-49-45-41-14-12-10-8-6-4-2/h41,45,57,61,67-69,72-75,77-78,81-83H,3-40,42-44,46-56,58-60,62-66H2,1-2H3,(H,76,79)/b45-41+,61-57+. The van der Waals surface area contributed by atoms with Gasteiger partial charge < -0.3 is 45.1 Å². The number of unbranched alkanes of at least 4 members (excludes halogenated alkanes) is 51. The molecular weight excluding hydrogens is 1070 g/mol. The van der Waals surface area contributed by atoms with Crippen molar-refractivity contribution >= 4 is 11.9 Å². The summed E-state index contributed by atoms with van der Waals surface area (Å²) in [6.07, 6.45) is 72.1. The highest BCUT2D eigenvalue weighted by Crippen LogP contribution is 2.24. The van der Waals surface area contributed by atoms with Gasteiger partial charge in [-0.15, -0.1) is 0 Å². The van der Waals surface area contributed by atoms with Gasteiger partial charge in [-0.2, -0.15) is 0 Å². The average molecular weight is 1220 g/mol. The molecule has 11 nitrogen and oxygen atoms in total. The van der Waals surface area contributed by atoms with Crippen LogP contribution in [0.4, 0.5) is 0 Å². The molecular formula is C75H143NO10. The fraction of sp³-hybridized carbons (Fsp3) is 0.920. The zero-order chi connectivity index (χ0) is 62.3. The molecule has 0 aliphatic carbocycles. The lowest BCUT2D eigenvalue weighted by Gasteiger charge is -2.40. The van der Waals surface area contributed by atoms with Crippen LogP contribution in [0, 0.1) is 0 Å². The first-order valence-electron chi connectivity index (χ1n) is 37.6. The van der Waals surface area contributed by atoms with Gasteiger partial charge in [-0.05, 0) is 44.9 Å². The smallest absolute Gasteiger partial charge is 0.305 e. The van der Waals surface area contributed by atoms with Crippen LogP contribution in [-0.4, -0.2) is 100 Å². The SMILES string of the molecule is CCCCCCC/C=C/CC/C=C/C(O)C(COC1OC(CO)C(O)C(O)C1O)NC(=O)CCCCCCCCCCCCCCCCCCCCCCCCCCCCCCCCCCCCCOC(=O)CCCCCCCCCCCCCC. The van der Waals surface area contributed by atoms with Gasteiger partial charge in [0, 0.05) is 12.8 Å².